The minimum absolute atomic E-state index is 0.208. The maximum atomic E-state index is 6.19. The van der Waals surface area contributed by atoms with Crippen LogP contribution in [0.5, 0.6) is 5.75 Å². The van der Waals surface area contributed by atoms with Crippen LogP contribution in [-0.4, -0.2) is 12.6 Å². The lowest BCUT2D eigenvalue weighted by molar-refractivity contribution is 0.395. The SMILES string of the molecule is COc1c(C)cc(Cl)cc1C(N)C1(N)CC1. The van der Waals surface area contributed by atoms with Gasteiger partial charge in [0.1, 0.15) is 5.75 Å². The normalized spacial score (nSPS) is 19.3. The monoisotopic (exact) mass is 240 g/mol. The molecule has 1 unspecified atom stereocenters. The summed E-state index contributed by atoms with van der Waals surface area (Å²) < 4.78 is 5.38. The number of methoxy groups -OCH3 is 1. The molecule has 1 aromatic rings. The van der Waals surface area contributed by atoms with E-state index < -0.39 is 0 Å². The smallest absolute Gasteiger partial charge is 0.126 e. The highest BCUT2D eigenvalue weighted by Crippen LogP contribution is 2.45. The van der Waals surface area contributed by atoms with Crippen molar-refractivity contribution in [1.29, 1.82) is 0 Å². The van der Waals surface area contributed by atoms with Crippen LogP contribution in [0.25, 0.3) is 0 Å². The maximum Gasteiger partial charge on any atom is 0.126 e. The lowest BCUT2D eigenvalue weighted by atomic mass is 9.96. The van der Waals surface area contributed by atoms with E-state index in [0.717, 1.165) is 29.7 Å². The third-order valence-electron chi connectivity index (χ3n) is 3.25. The summed E-state index contributed by atoms with van der Waals surface area (Å²) >= 11 is 6.04. The van der Waals surface area contributed by atoms with Gasteiger partial charge in [-0.3, -0.25) is 0 Å². The largest absolute Gasteiger partial charge is 0.496 e. The van der Waals surface area contributed by atoms with Crippen molar-refractivity contribution in [3.8, 4) is 5.75 Å². The van der Waals surface area contributed by atoms with Gasteiger partial charge >= 0.3 is 0 Å². The Morgan fingerprint density at radius 1 is 1.44 bits per heavy atom. The fourth-order valence-electron chi connectivity index (χ4n) is 2.03. The Morgan fingerprint density at radius 2 is 2.06 bits per heavy atom. The van der Waals surface area contributed by atoms with Crippen LogP contribution in [0.15, 0.2) is 12.1 Å². The molecule has 0 aliphatic heterocycles. The minimum Gasteiger partial charge on any atom is -0.496 e. The summed E-state index contributed by atoms with van der Waals surface area (Å²) in [5.41, 5.74) is 13.9. The first kappa shape index (κ1) is 11.7. The second-order valence-electron chi connectivity index (χ2n) is 4.56. The van der Waals surface area contributed by atoms with E-state index in [1.54, 1.807) is 7.11 Å². The summed E-state index contributed by atoms with van der Waals surface area (Å²) in [6, 6.07) is 3.51. The molecule has 0 radical (unpaired) electrons. The minimum atomic E-state index is -0.273. The van der Waals surface area contributed by atoms with Crippen molar-refractivity contribution in [2.75, 3.05) is 7.11 Å². The second-order valence-corrected chi connectivity index (χ2v) is 4.99. The topological polar surface area (TPSA) is 61.3 Å². The molecular weight excluding hydrogens is 224 g/mol. The van der Waals surface area contributed by atoms with Gasteiger partial charge in [-0.25, -0.2) is 0 Å². The van der Waals surface area contributed by atoms with E-state index in [0.29, 0.717) is 5.02 Å². The van der Waals surface area contributed by atoms with Crippen LogP contribution in [0, 0.1) is 6.92 Å². The van der Waals surface area contributed by atoms with Crippen LogP contribution in [0.4, 0.5) is 0 Å². The first-order valence-electron chi connectivity index (χ1n) is 5.36. The number of aryl methyl sites for hydroxylation is 1. The van der Waals surface area contributed by atoms with E-state index in [4.69, 9.17) is 27.8 Å². The summed E-state index contributed by atoms with van der Waals surface area (Å²) in [5, 5.41) is 0.674. The van der Waals surface area contributed by atoms with E-state index in [1.165, 1.54) is 0 Å². The molecule has 0 bridgehead atoms. The van der Waals surface area contributed by atoms with E-state index in [9.17, 15) is 0 Å². The molecule has 1 aromatic carbocycles. The zero-order valence-corrected chi connectivity index (χ0v) is 10.3. The van der Waals surface area contributed by atoms with Gasteiger partial charge < -0.3 is 16.2 Å². The molecule has 1 fully saturated rings. The van der Waals surface area contributed by atoms with Crippen molar-refractivity contribution in [2.24, 2.45) is 11.5 Å². The van der Waals surface area contributed by atoms with Gasteiger partial charge in [-0.15, -0.1) is 0 Å². The van der Waals surface area contributed by atoms with Gasteiger partial charge in [-0.1, -0.05) is 11.6 Å². The Balaban J connectivity index is 2.46. The van der Waals surface area contributed by atoms with Crippen LogP contribution >= 0.6 is 11.6 Å². The van der Waals surface area contributed by atoms with E-state index in [2.05, 4.69) is 0 Å². The predicted molar refractivity (Wildman–Crippen MR) is 65.8 cm³/mol. The molecule has 0 aromatic heterocycles. The zero-order chi connectivity index (χ0) is 11.9. The lowest BCUT2D eigenvalue weighted by Gasteiger charge is -2.22. The Morgan fingerprint density at radius 3 is 2.56 bits per heavy atom. The summed E-state index contributed by atoms with van der Waals surface area (Å²) in [5.74, 6) is 0.800. The van der Waals surface area contributed by atoms with Crippen molar-refractivity contribution >= 4 is 11.6 Å². The third kappa shape index (κ3) is 1.90. The van der Waals surface area contributed by atoms with Crippen molar-refractivity contribution in [1.82, 2.24) is 0 Å². The van der Waals surface area contributed by atoms with Crippen LogP contribution in [-0.2, 0) is 0 Å². The fourth-order valence-corrected chi connectivity index (χ4v) is 2.31. The Labute approximate surface area is 101 Å². The van der Waals surface area contributed by atoms with E-state index in [1.807, 2.05) is 19.1 Å². The highest BCUT2D eigenvalue weighted by molar-refractivity contribution is 6.30. The predicted octanol–water partition coefficient (Wildman–Crippen LogP) is 2.15. The Hall–Kier alpha value is -0.770. The number of rotatable bonds is 3. The lowest BCUT2D eigenvalue weighted by Crippen LogP contribution is -2.36. The molecule has 2 rings (SSSR count). The van der Waals surface area contributed by atoms with Crippen LogP contribution < -0.4 is 16.2 Å². The molecule has 4 N–H and O–H groups in total. The highest BCUT2D eigenvalue weighted by atomic mass is 35.5. The molecule has 1 atom stereocenters. The van der Waals surface area contributed by atoms with Crippen molar-refractivity contribution in [3.05, 3.63) is 28.3 Å². The average molecular weight is 241 g/mol. The summed E-state index contributed by atoms with van der Waals surface area (Å²) in [7, 11) is 1.64. The average Bonchev–Trinajstić information content (AvgIpc) is 2.95. The third-order valence-corrected chi connectivity index (χ3v) is 3.47. The van der Waals surface area contributed by atoms with Crippen molar-refractivity contribution < 1.29 is 4.74 Å². The van der Waals surface area contributed by atoms with Gasteiger partial charge in [0.15, 0.2) is 0 Å². The molecule has 16 heavy (non-hydrogen) atoms. The molecule has 1 aliphatic rings. The molecule has 4 heteroatoms. The Kier molecular flexibility index (Phi) is 2.86. The number of halogens is 1. The molecule has 0 amide bonds. The molecule has 0 heterocycles. The first-order chi connectivity index (χ1) is 7.48. The van der Waals surface area contributed by atoms with Gasteiger partial charge in [0.25, 0.3) is 0 Å². The van der Waals surface area contributed by atoms with Gasteiger partial charge in [-0.2, -0.15) is 0 Å². The Bertz CT molecular complexity index is 416. The highest BCUT2D eigenvalue weighted by Gasteiger charge is 2.45. The maximum absolute atomic E-state index is 6.19. The zero-order valence-electron chi connectivity index (χ0n) is 9.59. The van der Waals surface area contributed by atoms with Crippen LogP contribution in [0.2, 0.25) is 5.02 Å². The molecule has 1 aliphatic carbocycles. The number of hydrogen-bond acceptors (Lipinski definition) is 3. The molecule has 0 saturated heterocycles. The van der Waals surface area contributed by atoms with Crippen LogP contribution in [0.1, 0.15) is 30.0 Å². The van der Waals surface area contributed by atoms with Gasteiger partial charge in [0, 0.05) is 16.1 Å². The number of ether oxygens (including phenoxy) is 1. The summed E-state index contributed by atoms with van der Waals surface area (Å²) in [6.07, 6.45) is 1.92. The molecular formula is C12H17ClN2O. The standard InChI is InChI=1S/C12H17ClN2O/c1-7-5-8(13)6-9(10(7)16-2)11(14)12(15)3-4-12/h5-6,11H,3-4,14-15H2,1-2H3. The second kappa shape index (κ2) is 3.91. The summed E-state index contributed by atoms with van der Waals surface area (Å²) in [6.45, 7) is 1.96. The summed E-state index contributed by atoms with van der Waals surface area (Å²) in [4.78, 5) is 0. The van der Waals surface area contributed by atoms with E-state index >= 15 is 0 Å². The first-order valence-corrected chi connectivity index (χ1v) is 5.74. The van der Waals surface area contributed by atoms with Gasteiger partial charge in [0.05, 0.1) is 13.2 Å². The number of hydrogen-bond donors (Lipinski definition) is 2. The quantitative estimate of drug-likeness (QED) is 0.851. The fraction of sp³-hybridized carbons (Fsp3) is 0.500. The molecule has 3 nitrogen and oxygen atoms in total. The van der Waals surface area contributed by atoms with Crippen molar-refractivity contribution in [2.45, 2.75) is 31.3 Å². The molecule has 1 saturated carbocycles. The van der Waals surface area contributed by atoms with Gasteiger partial charge in [0.2, 0.25) is 0 Å². The number of nitrogens with two attached hydrogens (primary N) is 2. The molecule has 0 spiro atoms. The van der Waals surface area contributed by atoms with Crippen molar-refractivity contribution in [3.63, 3.8) is 0 Å². The van der Waals surface area contributed by atoms with E-state index in [-0.39, 0.29) is 11.6 Å². The number of benzene rings is 1. The molecule has 88 valence electrons. The van der Waals surface area contributed by atoms with Gasteiger partial charge in [-0.05, 0) is 37.5 Å². The van der Waals surface area contributed by atoms with Crippen LogP contribution in [0.3, 0.4) is 0 Å².